The van der Waals surface area contributed by atoms with E-state index < -0.39 is 6.04 Å². The van der Waals surface area contributed by atoms with Crippen LogP contribution in [0.2, 0.25) is 0 Å². The van der Waals surface area contributed by atoms with Gasteiger partial charge >= 0.3 is 0 Å². The Morgan fingerprint density at radius 1 is 1.23 bits per heavy atom. The smallest absolute Gasteiger partial charge is 0.258 e. The van der Waals surface area contributed by atoms with Gasteiger partial charge in [-0.05, 0) is 56.2 Å². The third-order valence-corrected chi connectivity index (χ3v) is 7.77. The average molecular weight is 426 g/mol. The number of aliphatic hydroxyl groups excluding tert-OH is 1. The third kappa shape index (κ3) is 3.16. The van der Waals surface area contributed by atoms with E-state index in [1.54, 1.807) is 16.4 Å². The van der Waals surface area contributed by atoms with E-state index in [1.165, 1.54) is 0 Å². The number of pyridine rings is 1. The molecular weight excluding hydrogens is 394 g/mol. The van der Waals surface area contributed by atoms with Crippen molar-refractivity contribution in [3.05, 3.63) is 39.8 Å². The highest BCUT2D eigenvalue weighted by atomic mass is 16.3. The number of fused-ring (bicyclic) bond motifs is 3. The zero-order valence-corrected chi connectivity index (χ0v) is 18.0. The van der Waals surface area contributed by atoms with Crippen molar-refractivity contribution in [1.82, 2.24) is 14.8 Å². The summed E-state index contributed by atoms with van der Waals surface area (Å²) in [5.74, 6) is -0.795. The summed E-state index contributed by atoms with van der Waals surface area (Å²) in [7, 11) is 0. The summed E-state index contributed by atoms with van der Waals surface area (Å²) in [5.41, 5.74) is 2.62. The number of nitrogens with one attached hydrogen (secondary N) is 1. The van der Waals surface area contributed by atoms with E-state index in [0.29, 0.717) is 6.54 Å². The van der Waals surface area contributed by atoms with Crippen LogP contribution in [0, 0.1) is 11.8 Å². The number of carbonyl (C=O) groups excluding carboxylic acids is 2. The number of amides is 2. The molecule has 1 aromatic rings. The first kappa shape index (κ1) is 20.5. The minimum Gasteiger partial charge on any atom is -0.396 e. The molecule has 1 saturated carbocycles. The Bertz CT molecular complexity index is 993. The molecule has 2 amide bonds. The van der Waals surface area contributed by atoms with Gasteiger partial charge in [0.05, 0.1) is 6.04 Å². The second-order valence-electron chi connectivity index (χ2n) is 9.40. The lowest BCUT2D eigenvalue weighted by atomic mass is 9.87. The summed E-state index contributed by atoms with van der Waals surface area (Å²) in [6, 6.07) is 2.98. The Labute approximate surface area is 182 Å². The Morgan fingerprint density at radius 3 is 2.65 bits per heavy atom. The van der Waals surface area contributed by atoms with Crippen molar-refractivity contribution in [1.29, 1.82) is 0 Å². The fourth-order valence-corrected chi connectivity index (χ4v) is 5.95. The van der Waals surface area contributed by atoms with Crippen LogP contribution in [0.1, 0.15) is 69.2 Å². The van der Waals surface area contributed by atoms with Crippen LogP contribution in [-0.4, -0.2) is 45.1 Å². The highest BCUT2D eigenvalue weighted by Crippen LogP contribution is 2.49. The van der Waals surface area contributed by atoms with Crippen LogP contribution in [-0.2, 0) is 16.1 Å². The van der Waals surface area contributed by atoms with Gasteiger partial charge < -0.3 is 19.9 Å². The normalized spacial score (nSPS) is 29.4. The molecule has 1 saturated heterocycles. The van der Waals surface area contributed by atoms with Crippen LogP contribution in [0.25, 0.3) is 5.57 Å². The van der Waals surface area contributed by atoms with Gasteiger partial charge in [-0.2, -0.15) is 0 Å². The molecule has 0 bridgehead atoms. The Balaban J connectivity index is 1.53. The molecule has 5 rings (SSSR count). The Kier molecular flexibility index (Phi) is 5.24. The number of likely N-dealkylation sites (tertiary alicyclic amines) is 1. The average Bonchev–Trinajstić information content (AvgIpc) is 3.45. The number of aromatic nitrogens is 1. The molecule has 2 fully saturated rings. The van der Waals surface area contributed by atoms with Crippen molar-refractivity contribution in [2.75, 3.05) is 6.61 Å². The quantitative estimate of drug-likeness (QED) is 0.755. The topological polar surface area (TPSA) is 91.6 Å². The van der Waals surface area contributed by atoms with E-state index in [0.717, 1.165) is 55.4 Å². The SMILES string of the molecule is CCC(=O)N1[C@H](C(=O)NC2CCC2)[C@@H](CO)[C@@H]2Cn3c(ccc(C4=CCCC4)c3=O)[C@@H]21. The maximum absolute atomic E-state index is 13.3. The van der Waals surface area contributed by atoms with Crippen molar-refractivity contribution in [3.8, 4) is 0 Å². The van der Waals surface area contributed by atoms with Crippen molar-refractivity contribution in [3.63, 3.8) is 0 Å². The van der Waals surface area contributed by atoms with Gasteiger partial charge in [-0.15, -0.1) is 0 Å². The Morgan fingerprint density at radius 2 is 2.03 bits per heavy atom. The van der Waals surface area contributed by atoms with Crippen LogP contribution in [0.4, 0.5) is 0 Å². The second kappa shape index (κ2) is 7.93. The molecule has 0 aromatic carbocycles. The van der Waals surface area contributed by atoms with E-state index in [4.69, 9.17) is 0 Å². The molecule has 7 nitrogen and oxygen atoms in total. The summed E-state index contributed by atoms with van der Waals surface area (Å²) in [6.07, 6.45) is 8.46. The van der Waals surface area contributed by atoms with Crippen molar-refractivity contribution < 1.29 is 14.7 Å². The van der Waals surface area contributed by atoms with Gasteiger partial charge in [0.15, 0.2) is 0 Å². The molecule has 166 valence electrons. The van der Waals surface area contributed by atoms with Gasteiger partial charge in [-0.3, -0.25) is 14.4 Å². The monoisotopic (exact) mass is 425 g/mol. The number of carbonyl (C=O) groups is 2. The first-order valence-electron chi connectivity index (χ1n) is 11.7. The largest absolute Gasteiger partial charge is 0.396 e. The number of rotatable bonds is 5. The van der Waals surface area contributed by atoms with Crippen LogP contribution in [0.3, 0.4) is 0 Å². The van der Waals surface area contributed by atoms with Gasteiger partial charge in [0, 0.05) is 48.7 Å². The van der Waals surface area contributed by atoms with Gasteiger partial charge in [-0.1, -0.05) is 13.0 Å². The first-order chi connectivity index (χ1) is 15.0. The molecule has 4 aliphatic rings. The van der Waals surface area contributed by atoms with Crippen molar-refractivity contribution >= 4 is 17.4 Å². The molecular formula is C24H31N3O4. The zero-order chi connectivity index (χ0) is 21.7. The van der Waals surface area contributed by atoms with E-state index in [9.17, 15) is 19.5 Å². The van der Waals surface area contributed by atoms with Crippen molar-refractivity contribution in [2.45, 2.75) is 76.5 Å². The molecule has 2 aliphatic carbocycles. The summed E-state index contributed by atoms with van der Waals surface area (Å²) >= 11 is 0. The highest BCUT2D eigenvalue weighted by Gasteiger charge is 2.57. The molecule has 0 unspecified atom stereocenters. The standard InChI is InChI=1S/C24H31N3O4/c1-2-20(29)27-21-17(18(13-28)22(27)23(30)25-15-8-5-9-15)12-26-19(21)11-10-16(24(26)31)14-6-3-4-7-14/h6,10-11,15,17-18,21-22,28H,2-5,7-9,12-13H2,1H3,(H,25,30)/t17-,18-,21+,22-/m0/s1. The van der Waals surface area contributed by atoms with E-state index >= 15 is 0 Å². The molecule has 3 heterocycles. The van der Waals surface area contributed by atoms with Crippen LogP contribution >= 0.6 is 0 Å². The molecule has 7 heteroatoms. The number of hydrogen-bond acceptors (Lipinski definition) is 4. The van der Waals surface area contributed by atoms with Crippen LogP contribution in [0.5, 0.6) is 0 Å². The molecule has 2 N–H and O–H groups in total. The fourth-order valence-electron chi connectivity index (χ4n) is 5.95. The van der Waals surface area contributed by atoms with Gasteiger partial charge in [0.1, 0.15) is 6.04 Å². The lowest BCUT2D eigenvalue weighted by molar-refractivity contribution is -0.142. The summed E-state index contributed by atoms with van der Waals surface area (Å²) in [6.45, 7) is 2.05. The molecule has 31 heavy (non-hydrogen) atoms. The zero-order valence-electron chi connectivity index (χ0n) is 18.0. The lowest BCUT2D eigenvalue weighted by Crippen LogP contribution is -2.53. The third-order valence-electron chi connectivity index (χ3n) is 7.77. The molecule has 4 atom stereocenters. The second-order valence-corrected chi connectivity index (χ2v) is 9.40. The number of hydrogen-bond donors (Lipinski definition) is 2. The van der Waals surface area contributed by atoms with E-state index in [2.05, 4.69) is 11.4 Å². The number of allylic oxidation sites excluding steroid dienone is 2. The number of nitrogens with zero attached hydrogens (tertiary/aromatic N) is 2. The molecule has 2 aliphatic heterocycles. The minimum absolute atomic E-state index is 0.0175. The lowest BCUT2D eigenvalue weighted by Gasteiger charge is -2.34. The molecule has 0 radical (unpaired) electrons. The predicted molar refractivity (Wildman–Crippen MR) is 116 cm³/mol. The molecule has 0 spiro atoms. The maximum atomic E-state index is 13.3. The minimum atomic E-state index is -0.686. The van der Waals surface area contributed by atoms with Crippen molar-refractivity contribution in [2.24, 2.45) is 11.8 Å². The molecule has 1 aromatic heterocycles. The number of aliphatic hydroxyl groups is 1. The van der Waals surface area contributed by atoms with E-state index in [1.807, 2.05) is 12.1 Å². The van der Waals surface area contributed by atoms with Gasteiger partial charge in [-0.25, -0.2) is 0 Å². The Hall–Kier alpha value is -2.41. The van der Waals surface area contributed by atoms with E-state index in [-0.39, 0.29) is 54.3 Å². The summed E-state index contributed by atoms with van der Waals surface area (Å²) in [4.78, 5) is 41.2. The van der Waals surface area contributed by atoms with Crippen LogP contribution < -0.4 is 10.9 Å². The predicted octanol–water partition coefficient (Wildman–Crippen LogP) is 1.98. The fraction of sp³-hybridized carbons (Fsp3) is 0.625. The summed E-state index contributed by atoms with van der Waals surface area (Å²) in [5, 5.41) is 13.4. The first-order valence-corrected chi connectivity index (χ1v) is 11.7. The van der Waals surface area contributed by atoms with Gasteiger partial charge in [0.25, 0.3) is 5.56 Å². The van der Waals surface area contributed by atoms with Gasteiger partial charge in [0.2, 0.25) is 11.8 Å². The van der Waals surface area contributed by atoms with Crippen LogP contribution in [0.15, 0.2) is 23.0 Å². The maximum Gasteiger partial charge on any atom is 0.258 e. The highest BCUT2D eigenvalue weighted by molar-refractivity contribution is 5.89. The summed E-state index contributed by atoms with van der Waals surface area (Å²) < 4.78 is 1.78.